The fourth-order valence-electron chi connectivity index (χ4n) is 7.58. The minimum Gasteiger partial charge on any atom is -0.391 e. The molecule has 2 fully saturated rings. The summed E-state index contributed by atoms with van der Waals surface area (Å²) in [6.45, 7) is 12.0. The number of rotatable bonds is 29. The van der Waals surface area contributed by atoms with Crippen molar-refractivity contribution in [2.75, 3.05) is 127 Å². The van der Waals surface area contributed by atoms with Crippen LogP contribution in [0.25, 0.3) is 0 Å². The van der Waals surface area contributed by atoms with E-state index in [2.05, 4.69) is 55.2 Å². The lowest BCUT2D eigenvalue weighted by Gasteiger charge is -2.38. The molecule has 2 saturated heterocycles. The minimum atomic E-state index is -0.971. The number of nitrogens with zero attached hydrogens (tertiary/aromatic N) is 13. The van der Waals surface area contributed by atoms with E-state index in [-0.39, 0.29) is 18.4 Å². The number of aliphatic hydroxyl groups excluding tert-OH is 1. The molecule has 5 rings (SSSR count). The van der Waals surface area contributed by atoms with Gasteiger partial charge in [-0.2, -0.15) is 15.0 Å². The van der Waals surface area contributed by atoms with E-state index >= 15 is 0 Å². The van der Waals surface area contributed by atoms with Gasteiger partial charge in [-0.05, 0) is 58.3 Å². The number of hydrogen-bond donors (Lipinski definition) is 4. The molecular weight excluding hydrogens is 825 g/mol. The number of amides is 2. The highest BCUT2D eigenvalue weighted by Crippen LogP contribution is 2.24. The molecule has 0 unspecified atom stereocenters. The number of ether oxygens (including phenoxy) is 3. The van der Waals surface area contributed by atoms with E-state index in [9.17, 15) is 14.7 Å². The fraction of sp³-hybridized carbons (Fsp3) is 0.738. The number of piperazine rings is 2. The van der Waals surface area contributed by atoms with Gasteiger partial charge in [0.15, 0.2) is 6.04 Å². The highest BCUT2D eigenvalue weighted by atomic mass is 16.5. The van der Waals surface area contributed by atoms with Gasteiger partial charge in [0.25, 0.3) is 0 Å². The Morgan fingerprint density at radius 1 is 0.750 bits per heavy atom. The highest BCUT2D eigenvalue weighted by Gasteiger charge is 2.35. The van der Waals surface area contributed by atoms with Crippen LogP contribution in [-0.2, 0) is 36.6 Å². The van der Waals surface area contributed by atoms with Crippen LogP contribution < -0.4 is 26.6 Å². The molecule has 3 atom stereocenters. The molecule has 8 N–H and O–H groups in total. The van der Waals surface area contributed by atoms with Crippen LogP contribution >= 0.6 is 0 Å². The Hall–Kier alpha value is -5.05. The van der Waals surface area contributed by atoms with Crippen molar-refractivity contribution in [2.24, 2.45) is 0 Å². The Morgan fingerprint density at radius 2 is 1.30 bits per heavy atom. The number of aryl methyl sites for hydroxylation is 2. The van der Waals surface area contributed by atoms with Crippen molar-refractivity contribution in [3.05, 3.63) is 23.8 Å². The third-order valence-corrected chi connectivity index (χ3v) is 11.2. The molecular formula is C42H72N16O6+2. The first-order valence-electron chi connectivity index (χ1n) is 23.1. The summed E-state index contributed by atoms with van der Waals surface area (Å²) in [5.74, 6) is 3.61. The summed E-state index contributed by atoms with van der Waals surface area (Å²) in [6.07, 6.45) is 16.0. The van der Waals surface area contributed by atoms with Crippen molar-refractivity contribution in [3.63, 3.8) is 0 Å². The number of quaternary nitrogens is 2. The van der Waals surface area contributed by atoms with Crippen molar-refractivity contribution in [1.29, 1.82) is 0 Å². The zero-order valence-electron chi connectivity index (χ0n) is 38.1. The summed E-state index contributed by atoms with van der Waals surface area (Å²) in [5.41, 5.74) is 9.57. The van der Waals surface area contributed by atoms with Gasteiger partial charge in [0.1, 0.15) is 12.6 Å². The van der Waals surface area contributed by atoms with E-state index in [1.54, 1.807) is 22.7 Å². The van der Waals surface area contributed by atoms with Gasteiger partial charge in [0.2, 0.25) is 29.7 Å². The van der Waals surface area contributed by atoms with E-state index in [0.717, 1.165) is 75.8 Å². The van der Waals surface area contributed by atoms with E-state index in [4.69, 9.17) is 35.6 Å². The van der Waals surface area contributed by atoms with E-state index in [1.165, 1.54) is 4.68 Å². The molecule has 0 radical (unpaired) electrons. The summed E-state index contributed by atoms with van der Waals surface area (Å²) < 4.78 is 19.8. The first kappa shape index (κ1) is 50.0. The molecule has 3 aromatic heterocycles. The molecule has 0 aromatic carbocycles. The second-order valence-electron chi connectivity index (χ2n) is 16.1. The lowest BCUT2D eigenvalue weighted by atomic mass is 10.1. The minimum absolute atomic E-state index is 0.0382. The second kappa shape index (κ2) is 27.3. The van der Waals surface area contributed by atoms with Crippen LogP contribution in [0.15, 0.2) is 12.4 Å². The van der Waals surface area contributed by atoms with Crippen LogP contribution in [0.2, 0.25) is 0 Å². The average Bonchev–Trinajstić information content (AvgIpc) is 3.99. The summed E-state index contributed by atoms with van der Waals surface area (Å²) >= 11 is 0. The Bertz CT molecular complexity index is 1860. The molecule has 22 heteroatoms. The van der Waals surface area contributed by atoms with Crippen LogP contribution in [0.5, 0.6) is 0 Å². The van der Waals surface area contributed by atoms with Gasteiger partial charge in [0.05, 0.1) is 63.6 Å². The summed E-state index contributed by atoms with van der Waals surface area (Å²) in [5, 5.41) is 31.3. The number of anilines is 3. The molecule has 2 aliphatic rings. The van der Waals surface area contributed by atoms with Crippen LogP contribution in [0.1, 0.15) is 82.3 Å². The summed E-state index contributed by atoms with van der Waals surface area (Å²) in [7, 11) is 0. The van der Waals surface area contributed by atoms with Crippen LogP contribution in [0.4, 0.5) is 17.8 Å². The number of carbonyl (C=O) groups is 2. The number of aromatic nitrogens is 9. The van der Waals surface area contributed by atoms with Crippen molar-refractivity contribution < 1.29 is 40.4 Å². The smallest absolute Gasteiger partial charge is 0.250 e. The van der Waals surface area contributed by atoms with Crippen LogP contribution in [0.3, 0.4) is 0 Å². The largest absolute Gasteiger partial charge is 0.391 e. The first-order chi connectivity index (χ1) is 31.3. The summed E-state index contributed by atoms with van der Waals surface area (Å²) in [6, 6.07) is -1.32. The first-order valence-corrected chi connectivity index (χ1v) is 23.1. The summed E-state index contributed by atoms with van der Waals surface area (Å²) in [4.78, 5) is 50.3. The number of aliphatic hydroxyl groups is 1. The maximum Gasteiger partial charge on any atom is 0.250 e. The van der Waals surface area contributed by atoms with Crippen LogP contribution in [0, 0.1) is 12.3 Å². The van der Waals surface area contributed by atoms with Gasteiger partial charge in [0, 0.05) is 71.3 Å². The zero-order valence-corrected chi connectivity index (χ0v) is 38.1. The predicted octanol–water partition coefficient (Wildman–Crippen LogP) is -1.37. The van der Waals surface area contributed by atoms with Crippen molar-refractivity contribution in [2.45, 2.75) is 89.8 Å². The van der Waals surface area contributed by atoms with E-state index in [0.29, 0.717) is 116 Å². The van der Waals surface area contributed by atoms with Crippen molar-refractivity contribution in [1.82, 2.24) is 54.7 Å². The van der Waals surface area contributed by atoms with Gasteiger partial charge in [-0.25, -0.2) is 9.36 Å². The number of hydrogen-bond acceptors (Lipinski definition) is 16. The highest BCUT2D eigenvalue weighted by molar-refractivity contribution is 5.81. The number of nitrogens with one attached hydrogen (secondary N) is 1. The Labute approximate surface area is 376 Å². The Kier molecular flexibility index (Phi) is 21.3. The topological polar surface area (TPSA) is 262 Å². The lowest BCUT2D eigenvalue weighted by molar-refractivity contribution is -0.368. The molecule has 2 amide bonds. The molecule has 3 aromatic rings. The van der Waals surface area contributed by atoms with Gasteiger partial charge in [-0.15, -0.1) is 16.6 Å². The molecule has 22 nitrogen and oxygen atoms in total. The molecule has 0 aliphatic carbocycles. The third-order valence-electron chi connectivity index (χ3n) is 11.2. The number of carbonyl (C=O) groups excluding carboxylic acids is 2. The monoisotopic (exact) mass is 897 g/mol. The van der Waals surface area contributed by atoms with Gasteiger partial charge in [-0.1, -0.05) is 29.7 Å². The fourth-order valence-corrected chi connectivity index (χ4v) is 7.58. The Morgan fingerprint density at radius 3 is 1.89 bits per heavy atom. The molecule has 5 heterocycles. The SMILES string of the molecule is C#CCOCCOCCOCCNc1nc(N2CCN(C(=O)[C@H]([C@@H](C)O)n3cc(CCCC[NH3+])nn3)CC2)nc(N2CCN(C(=O)[C@H](CCCC[NH3+])n3cc(CCCC)nn3)CC2)n1. The third kappa shape index (κ3) is 15.3. The van der Waals surface area contributed by atoms with Gasteiger partial charge < -0.3 is 55.7 Å². The molecule has 354 valence electrons. The quantitative estimate of drug-likeness (QED) is 0.0463. The maximum atomic E-state index is 14.1. The number of unbranched alkanes of at least 4 members (excludes halogenated alkanes) is 3. The van der Waals surface area contributed by atoms with Gasteiger partial charge >= 0.3 is 0 Å². The molecule has 0 saturated carbocycles. The molecule has 0 spiro atoms. The molecule has 0 bridgehead atoms. The Balaban J connectivity index is 1.23. The van der Waals surface area contributed by atoms with Crippen molar-refractivity contribution >= 4 is 29.7 Å². The lowest BCUT2D eigenvalue weighted by Crippen LogP contribution is -2.53. The predicted molar refractivity (Wildman–Crippen MR) is 238 cm³/mol. The molecule has 2 aliphatic heterocycles. The van der Waals surface area contributed by atoms with Crippen LogP contribution in [-0.4, -0.2) is 189 Å². The normalized spacial score (nSPS) is 15.9. The van der Waals surface area contributed by atoms with Gasteiger partial charge in [-0.3, -0.25) is 9.59 Å². The molecule has 64 heavy (non-hydrogen) atoms. The van der Waals surface area contributed by atoms with Crippen molar-refractivity contribution in [3.8, 4) is 12.3 Å². The maximum absolute atomic E-state index is 14.1. The standard InChI is InChI=1S/C42H70N16O6/c1-4-6-11-34-31-57(51-49-34)36(13-8-10-15-44)38(60)53-17-21-55(22-18-53)41-46-40(45-16-26-63-28-30-64-29-27-62-25-5-2)47-42(48-41)56-23-19-54(20-24-56)39(61)37(33(3)59)58-32-35(50-52-58)12-7-9-14-43/h2,31-33,36-37,59H,4,6-30,43-44H2,1,3H3,(H,45,46,47,48)/p+2/t33-,36+,37+/m1/s1. The van der Waals surface area contributed by atoms with E-state index < -0.39 is 18.2 Å². The number of terminal acetylenes is 1. The average molecular weight is 897 g/mol. The second-order valence-corrected chi connectivity index (χ2v) is 16.1. The van der Waals surface area contributed by atoms with E-state index in [1.807, 2.05) is 16.0 Å². The zero-order chi connectivity index (χ0) is 45.5.